The number of carbonyl (C=O) groups excluding carboxylic acids is 2. The maximum Gasteiger partial charge on any atom is 0.411 e. The summed E-state index contributed by atoms with van der Waals surface area (Å²) in [5.41, 5.74) is 7.03. The number of amides is 1. The number of benzene rings is 3. The number of anilines is 1. The molecule has 1 aliphatic rings. The third kappa shape index (κ3) is 5.86. The zero-order valence-corrected chi connectivity index (χ0v) is 25.5. The zero-order valence-electron chi connectivity index (χ0n) is 24.7. The lowest BCUT2D eigenvalue weighted by molar-refractivity contribution is 0.0383. The summed E-state index contributed by atoms with van der Waals surface area (Å²) in [4.78, 5) is 38.2. The molecule has 1 unspecified atom stereocenters. The van der Waals surface area contributed by atoms with Crippen molar-refractivity contribution in [3.63, 3.8) is 0 Å². The van der Waals surface area contributed by atoms with Crippen molar-refractivity contribution >= 4 is 50.7 Å². The summed E-state index contributed by atoms with van der Waals surface area (Å²) in [6.45, 7) is 4.90. The third-order valence-electron chi connectivity index (χ3n) is 7.26. The molecule has 226 valence electrons. The van der Waals surface area contributed by atoms with E-state index in [2.05, 4.69) is 26.7 Å². The minimum absolute atomic E-state index is 0.0193. The van der Waals surface area contributed by atoms with Gasteiger partial charge in [-0.2, -0.15) is 0 Å². The standard InChI is InChI=1S/C32H31N5O6S/c1-17-9-23(28-24(10-17)36-26(40-4)13-34-28)31-37-27-18(2)11-25-29(30(27)44-31)41-15-22(43-25)16-42-32(39)35-21-6-5-19(7-8-33-3)20(12-21)14-38/h5-6,9-14,22,33H,7-8,15-16H2,1-4H3,(H,35,39). The van der Waals surface area contributed by atoms with Crippen LogP contribution in [0, 0.1) is 13.8 Å². The molecule has 2 aromatic heterocycles. The monoisotopic (exact) mass is 613 g/mol. The Kier molecular flexibility index (Phi) is 8.27. The number of likely N-dealkylation sites (N-methyl/N-ethyl adjacent to an activating group) is 1. The minimum atomic E-state index is -0.649. The molecule has 6 rings (SSSR count). The SMILES string of the molecule is CNCCc1ccc(NC(=O)OCC2COc3c(cc(C)c4nc(-c5cc(C)cc6nc(OC)cnc56)sc34)O2)cc1C=O. The average Bonchev–Trinajstić information content (AvgIpc) is 3.48. The number of aryl methyl sites for hydroxylation is 2. The van der Waals surface area contributed by atoms with Crippen LogP contribution in [-0.2, 0) is 11.2 Å². The van der Waals surface area contributed by atoms with Crippen molar-refractivity contribution in [2.75, 3.05) is 39.2 Å². The molecule has 1 atom stereocenters. The molecule has 0 aliphatic carbocycles. The molecule has 0 radical (unpaired) electrons. The van der Waals surface area contributed by atoms with Crippen LogP contribution in [-0.4, -0.2) is 67.4 Å². The van der Waals surface area contributed by atoms with Crippen LogP contribution < -0.4 is 24.8 Å². The van der Waals surface area contributed by atoms with Crippen molar-refractivity contribution in [1.82, 2.24) is 20.3 Å². The number of hydrogen-bond acceptors (Lipinski definition) is 11. The third-order valence-corrected chi connectivity index (χ3v) is 8.35. The van der Waals surface area contributed by atoms with E-state index in [1.54, 1.807) is 25.4 Å². The molecular weight excluding hydrogens is 582 g/mol. The van der Waals surface area contributed by atoms with Gasteiger partial charge in [-0.15, -0.1) is 11.3 Å². The highest BCUT2D eigenvalue weighted by Crippen LogP contribution is 2.46. The van der Waals surface area contributed by atoms with Gasteiger partial charge < -0.3 is 24.3 Å². The Labute approximate surface area is 257 Å². The smallest absolute Gasteiger partial charge is 0.411 e. The Morgan fingerprint density at radius 3 is 2.82 bits per heavy atom. The highest BCUT2D eigenvalue weighted by atomic mass is 32.1. The lowest BCUT2D eigenvalue weighted by atomic mass is 10.0. The first-order valence-electron chi connectivity index (χ1n) is 14.1. The molecule has 44 heavy (non-hydrogen) atoms. The fourth-order valence-electron chi connectivity index (χ4n) is 5.10. The first-order chi connectivity index (χ1) is 21.4. The topological polar surface area (TPSA) is 134 Å². The van der Waals surface area contributed by atoms with Gasteiger partial charge >= 0.3 is 6.09 Å². The first kappa shape index (κ1) is 29.3. The highest BCUT2D eigenvalue weighted by molar-refractivity contribution is 7.22. The fourth-order valence-corrected chi connectivity index (χ4v) is 6.25. The number of aromatic nitrogens is 3. The molecule has 0 fully saturated rings. The number of fused-ring (bicyclic) bond motifs is 4. The van der Waals surface area contributed by atoms with Crippen molar-refractivity contribution in [2.45, 2.75) is 26.4 Å². The summed E-state index contributed by atoms with van der Waals surface area (Å²) in [6, 6.07) is 11.1. The number of hydrogen-bond donors (Lipinski definition) is 2. The number of methoxy groups -OCH3 is 1. The second-order valence-corrected chi connectivity index (χ2v) is 11.5. The van der Waals surface area contributed by atoms with Gasteiger partial charge in [0.25, 0.3) is 0 Å². The van der Waals surface area contributed by atoms with Crippen molar-refractivity contribution in [3.05, 3.63) is 64.8 Å². The van der Waals surface area contributed by atoms with E-state index in [-0.39, 0.29) is 13.2 Å². The lowest BCUT2D eigenvalue weighted by Crippen LogP contribution is -2.35. The molecular formula is C32H31N5O6S. The molecule has 12 heteroatoms. The molecule has 0 spiro atoms. The Morgan fingerprint density at radius 2 is 2.02 bits per heavy atom. The van der Waals surface area contributed by atoms with Gasteiger partial charge in [-0.05, 0) is 80.9 Å². The summed E-state index contributed by atoms with van der Waals surface area (Å²) < 4.78 is 23.9. The van der Waals surface area contributed by atoms with Crippen LogP contribution in [0.5, 0.6) is 17.4 Å². The van der Waals surface area contributed by atoms with Crippen LogP contribution in [0.3, 0.4) is 0 Å². The van der Waals surface area contributed by atoms with Crippen molar-refractivity contribution in [3.8, 4) is 28.0 Å². The molecule has 3 aromatic carbocycles. The van der Waals surface area contributed by atoms with Crippen LogP contribution in [0.15, 0.2) is 42.6 Å². The van der Waals surface area contributed by atoms with Gasteiger partial charge in [-0.1, -0.05) is 6.07 Å². The second kappa shape index (κ2) is 12.4. The van der Waals surface area contributed by atoms with Crippen LogP contribution in [0.4, 0.5) is 10.5 Å². The normalized spacial score (nSPS) is 14.0. The molecule has 0 saturated carbocycles. The number of rotatable bonds is 9. The van der Waals surface area contributed by atoms with Gasteiger partial charge in [-0.25, -0.2) is 19.7 Å². The van der Waals surface area contributed by atoms with Crippen LogP contribution in [0.2, 0.25) is 0 Å². The maximum absolute atomic E-state index is 12.5. The van der Waals surface area contributed by atoms with E-state index in [4.69, 9.17) is 23.9 Å². The van der Waals surface area contributed by atoms with Crippen LogP contribution in [0.1, 0.15) is 27.0 Å². The molecule has 1 aliphatic heterocycles. The summed E-state index contributed by atoms with van der Waals surface area (Å²) >= 11 is 1.50. The van der Waals surface area contributed by atoms with E-state index in [0.717, 1.165) is 61.3 Å². The largest absolute Gasteiger partial charge is 0.484 e. The predicted octanol–water partition coefficient (Wildman–Crippen LogP) is 5.49. The van der Waals surface area contributed by atoms with Gasteiger partial charge in [-0.3, -0.25) is 10.1 Å². The van der Waals surface area contributed by atoms with Gasteiger partial charge in [0.2, 0.25) is 5.88 Å². The van der Waals surface area contributed by atoms with E-state index in [1.165, 1.54) is 11.3 Å². The van der Waals surface area contributed by atoms with E-state index in [1.807, 2.05) is 39.1 Å². The predicted molar refractivity (Wildman–Crippen MR) is 169 cm³/mol. The number of ether oxygens (including phenoxy) is 4. The Balaban J connectivity index is 1.17. The molecule has 5 aromatic rings. The van der Waals surface area contributed by atoms with Crippen LogP contribution in [0.25, 0.3) is 31.8 Å². The molecule has 2 N–H and O–H groups in total. The summed E-state index contributed by atoms with van der Waals surface area (Å²) in [7, 11) is 3.42. The fraction of sp³-hybridized carbons (Fsp3) is 0.281. The van der Waals surface area contributed by atoms with Crippen LogP contribution >= 0.6 is 11.3 Å². The molecule has 0 bridgehead atoms. The number of thiazole rings is 1. The summed E-state index contributed by atoms with van der Waals surface area (Å²) in [5.74, 6) is 1.63. The number of nitrogens with zero attached hydrogens (tertiary/aromatic N) is 3. The number of nitrogens with one attached hydrogen (secondary N) is 2. The Morgan fingerprint density at radius 1 is 1.16 bits per heavy atom. The summed E-state index contributed by atoms with van der Waals surface area (Å²) in [6.07, 6.45) is 1.94. The molecule has 0 saturated heterocycles. The highest BCUT2D eigenvalue weighted by Gasteiger charge is 2.27. The zero-order chi connectivity index (χ0) is 30.8. The van der Waals surface area contributed by atoms with Gasteiger partial charge in [0, 0.05) is 16.8 Å². The molecule has 3 heterocycles. The second-order valence-electron chi connectivity index (χ2n) is 10.5. The first-order valence-corrected chi connectivity index (χ1v) is 14.9. The van der Waals surface area contributed by atoms with E-state index in [0.29, 0.717) is 35.1 Å². The minimum Gasteiger partial charge on any atom is -0.484 e. The quantitative estimate of drug-likeness (QED) is 0.205. The van der Waals surface area contributed by atoms with Crippen molar-refractivity contribution < 1.29 is 28.5 Å². The van der Waals surface area contributed by atoms with Gasteiger partial charge in [0.05, 0.1) is 29.9 Å². The van der Waals surface area contributed by atoms with Crippen molar-refractivity contribution in [1.29, 1.82) is 0 Å². The van der Waals surface area contributed by atoms with E-state index >= 15 is 0 Å². The maximum atomic E-state index is 12.5. The van der Waals surface area contributed by atoms with E-state index in [9.17, 15) is 9.59 Å². The number of aldehydes is 1. The van der Waals surface area contributed by atoms with Crippen molar-refractivity contribution in [2.24, 2.45) is 0 Å². The average molecular weight is 614 g/mol. The summed E-state index contributed by atoms with van der Waals surface area (Å²) in [5, 5.41) is 6.53. The van der Waals surface area contributed by atoms with E-state index < -0.39 is 12.2 Å². The number of carbonyl (C=O) groups is 2. The lowest BCUT2D eigenvalue weighted by Gasteiger charge is -2.26. The Bertz CT molecular complexity index is 1890. The van der Waals surface area contributed by atoms with Gasteiger partial charge in [0.15, 0.2) is 17.6 Å². The molecule has 1 amide bonds. The Hall–Kier alpha value is -4.81. The molecule has 11 nitrogen and oxygen atoms in total. The van der Waals surface area contributed by atoms with Gasteiger partial charge in [0.1, 0.15) is 29.2 Å².